The van der Waals surface area contributed by atoms with Crippen molar-refractivity contribution in [3.05, 3.63) is 35.6 Å². The number of nitrogens with zero attached hydrogens (tertiary/aromatic N) is 2. The molecule has 6 nitrogen and oxygen atoms in total. The monoisotopic (exact) mass is 320 g/mol. The molecule has 124 valence electrons. The Labute approximate surface area is 134 Å². The normalized spacial score (nSPS) is 21.0. The van der Waals surface area contributed by atoms with Gasteiger partial charge in [0.25, 0.3) is 5.91 Å². The van der Waals surface area contributed by atoms with Crippen molar-refractivity contribution in [3.63, 3.8) is 0 Å². The number of rotatable bonds is 4. The lowest BCUT2D eigenvalue weighted by atomic mass is 9.87. The minimum Gasteiger partial charge on any atom is -0.329 e. The van der Waals surface area contributed by atoms with Crippen LogP contribution in [0.2, 0.25) is 0 Å². The van der Waals surface area contributed by atoms with Crippen LogP contribution in [0, 0.1) is 5.82 Å². The standard InChI is InChI=1S/C16H21FN4O2/c17-13-3-1-12(2-4-13)11-20-8-5-16(6-9-20)14(22)21(10-7-18)15(23)19-16/h1-4H,5-11,18H2,(H,19,23). The number of urea groups is 1. The van der Waals surface area contributed by atoms with Crippen molar-refractivity contribution in [2.24, 2.45) is 5.73 Å². The van der Waals surface area contributed by atoms with Gasteiger partial charge in [-0.15, -0.1) is 0 Å². The van der Waals surface area contributed by atoms with E-state index in [9.17, 15) is 14.0 Å². The molecule has 0 radical (unpaired) electrons. The molecule has 2 heterocycles. The van der Waals surface area contributed by atoms with Gasteiger partial charge in [-0.25, -0.2) is 9.18 Å². The molecule has 7 heteroatoms. The van der Waals surface area contributed by atoms with E-state index in [2.05, 4.69) is 10.2 Å². The maximum atomic E-state index is 12.9. The van der Waals surface area contributed by atoms with Crippen molar-refractivity contribution in [2.75, 3.05) is 26.2 Å². The number of hydrogen-bond acceptors (Lipinski definition) is 4. The van der Waals surface area contributed by atoms with Crippen LogP contribution in [-0.2, 0) is 11.3 Å². The third-order valence-corrected chi connectivity index (χ3v) is 4.63. The highest BCUT2D eigenvalue weighted by atomic mass is 19.1. The molecule has 1 aromatic carbocycles. The number of carbonyl (C=O) groups is 2. The number of nitrogens with two attached hydrogens (primary N) is 1. The Morgan fingerprint density at radius 1 is 1.17 bits per heavy atom. The van der Waals surface area contributed by atoms with Gasteiger partial charge in [-0.05, 0) is 30.5 Å². The summed E-state index contributed by atoms with van der Waals surface area (Å²) in [6.07, 6.45) is 1.17. The van der Waals surface area contributed by atoms with Gasteiger partial charge in [-0.3, -0.25) is 14.6 Å². The first-order valence-electron chi connectivity index (χ1n) is 7.85. The predicted molar refractivity (Wildman–Crippen MR) is 82.9 cm³/mol. The Balaban J connectivity index is 1.61. The highest BCUT2D eigenvalue weighted by molar-refractivity contribution is 6.07. The maximum Gasteiger partial charge on any atom is 0.325 e. The molecule has 2 aliphatic rings. The van der Waals surface area contributed by atoms with Gasteiger partial charge in [0.05, 0.1) is 0 Å². The van der Waals surface area contributed by atoms with Crippen LogP contribution in [-0.4, -0.2) is 53.5 Å². The summed E-state index contributed by atoms with van der Waals surface area (Å²) in [6, 6.07) is 6.10. The molecule has 3 N–H and O–H groups in total. The van der Waals surface area contributed by atoms with E-state index in [1.54, 1.807) is 12.1 Å². The first-order valence-corrected chi connectivity index (χ1v) is 7.85. The van der Waals surface area contributed by atoms with Crippen LogP contribution in [0.5, 0.6) is 0 Å². The Morgan fingerprint density at radius 3 is 2.43 bits per heavy atom. The fourth-order valence-corrected chi connectivity index (χ4v) is 3.29. The Kier molecular flexibility index (Phi) is 4.32. The van der Waals surface area contributed by atoms with Gasteiger partial charge >= 0.3 is 6.03 Å². The molecule has 1 aromatic rings. The first-order chi connectivity index (χ1) is 11.0. The highest BCUT2D eigenvalue weighted by Crippen LogP contribution is 2.29. The average Bonchev–Trinajstić information content (AvgIpc) is 2.77. The number of hydrogen-bond donors (Lipinski definition) is 2. The van der Waals surface area contributed by atoms with Crippen LogP contribution in [0.15, 0.2) is 24.3 Å². The quantitative estimate of drug-likeness (QED) is 0.799. The average molecular weight is 320 g/mol. The molecule has 1 spiro atoms. The van der Waals surface area contributed by atoms with Crippen molar-refractivity contribution in [1.82, 2.24) is 15.1 Å². The molecular weight excluding hydrogens is 299 g/mol. The minimum atomic E-state index is -0.772. The summed E-state index contributed by atoms with van der Waals surface area (Å²) in [5.74, 6) is -0.403. The molecule has 0 aliphatic carbocycles. The molecule has 23 heavy (non-hydrogen) atoms. The number of amides is 3. The SMILES string of the molecule is NCCN1C(=O)NC2(CCN(Cc3ccc(F)cc3)CC2)C1=O. The van der Waals surface area contributed by atoms with E-state index in [-0.39, 0.29) is 30.8 Å². The molecule has 2 fully saturated rings. The molecule has 0 saturated carbocycles. The first kappa shape index (κ1) is 15.9. The van der Waals surface area contributed by atoms with Crippen LogP contribution < -0.4 is 11.1 Å². The number of imide groups is 1. The smallest absolute Gasteiger partial charge is 0.325 e. The van der Waals surface area contributed by atoms with Crippen molar-refractivity contribution in [1.29, 1.82) is 0 Å². The third kappa shape index (κ3) is 3.07. The summed E-state index contributed by atoms with van der Waals surface area (Å²) in [5, 5.41) is 2.85. The van der Waals surface area contributed by atoms with E-state index in [0.717, 1.165) is 5.56 Å². The number of likely N-dealkylation sites (tertiary alicyclic amines) is 1. The lowest BCUT2D eigenvalue weighted by Crippen LogP contribution is -2.54. The summed E-state index contributed by atoms with van der Waals surface area (Å²) in [7, 11) is 0. The number of piperidine rings is 1. The molecule has 3 rings (SSSR count). The minimum absolute atomic E-state index is 0.158. The largest absolute Gasteiger partial charge is 0.329 e. The second-order valence-electron chi connectivity index (χ2n) is 6.16. The van der Waals surface area contributed by atoms with Crippen molar-refractivity contribution < 1.29 is 14.0 Å². The maximum absolute atomic E-state index is 12.9. The molecule has 3 amide bonds. The number of nitrogens with one attached hydrogen (secondary N) is 1. The van der Waals surface area contributed by atoms with Gasteiger partial charge < -0.3 is 11.1 Å². The van der Waals surface area contributed by atoms with Crippen LogP contribution in [0.3, 0.4) is 0 Å². The van der Waals surface area contributed by atoms with Crippen LogP contribution >= 0.6 is 0 Å². The van der Waals surface area contributed by atoms with Crippen LogP contribution in [0.4, 0.5) is 9.18 Å². The molecular formula is C16H21FN4O2. The van der Waals surface area contributed by atoms with Gasteiger partial charge in [0.15, 0.2) is 0 Å². The summed E-state index contributed by atoms with van der Waals surface area (Å²) < 4.78 is 12.9. The zero-order chi connectivity index (χ0) is 16.4. The lowest BCUT2D eigenvalue weighted by molar-refractivity contribution is -0.132. The second-order valence-corrected chi connectivity index (χ2v) is 6.16. The Hall–Kier alpha value is -1.99. The van der Waals surface area contributed by atoms with E-state index in [4.69, 9.17) is 5.73 Å². The van der Waals surface area contributed by atoms with Crippen molar-refractivity contribution >= 4 is 11.9 Å². The second kappa shape index (κ2) is 6.25. The van der Waals surface area contributed by atoms with E-state index in [1.165, 1.54) is 17.0 Å². The molecule has 0 bridgehead atoms. The fraction of sp³-hybridized carbons (Fsp3) is 0.500. The third-order valence-electron chi connectivity index (χ3n) is 4.63. The summed E-state index contributed by atoms with van der Waals surface area (Å²) in [5.41, 5.74) is 5.72. The number of carbonyl (C=O) groups excluding carboxylic acids is 2. The Bertz CT molecular complexity index is 597. The zero-order valence-corrected chi connectivity index (χ0v) is 12.9. The van der Waals surface area contributed by atoms with Crippen molar-refractivity contribution in [3.8, 4) is 0 Å². The van der Waals surface area contributed by atoms with Crippen LogP contribution in [0.1, 0.15) is 18.4 Å². The van der Waals surface area contributed by atoms with E-state index < -0.39 is 5.54 Å². The molecule has 0 atom stereocenters. The lowest BCUT2D eigenvalue weighted by Gasteiger charge is -2.37. The van der Waals surface area contributed by atoms with E-state index >= 15 is 0 Å². The molecule has 0 unspecified atom stereocenters. The number of halogens is 1. The van der Waals surface area contributed by atoms with Gasteiger partial charge in [-0.2, -0.15) is 0 Å². The van der Waals surface area contributed by atoms with Gasteiger partial charge in [-0.1, -0.05) is 12.1 Å². The summed E-state index contributed by atoms with van der Waals surface area (Å²) in [6.45, 7) is 2.66. The summed E-state index contributed by atoms with van der Waals surface area (Å²) >= 11 is 0. The highest BCUT2D eigenvalue weighted by Gasteiger charge is 2.51. The molecule has 2 saturated heterocycles. The van der Waals surface area contributed by atoms with Crippen molar-refractivity contribution in [2.45, 2.75) is 24.9 Å². The van der Waals surface area contributed by atoms with Gasteiger partial charge in [0.1, 0.15) is 11.4 Å². The number of benzene rings is 1. The molecule has 0 aromatic heterocycles. The van der Waals surface area contributed by atoms with E-state index in [1.807, 2.05) is 0 Å². The molecule has 2 aliphatic heterocycles. The van der Waals surface area contributed by atoms with Gasteiger partial charge in [0, 0.05) is 32.7 Å². The Morgan fingerprint density at radius 2 is 1.83 bits per heavy atom. The predicted octanol–water partition coefficient (Wildman–Crippen LogP) is 0.671. The van der Waals surface area contributed by atoms with Gasteiger partial charge in [0.2, 0.25) is 0 Å². The van der Waals surface area contributed by atoms with Crippen LogP contribution in [0.25, 0.3) is 0 Å². The topological polar surface area (TPSA) is 78.7 Å². The summed E-state index contributed by atoms with van der Waals surface area (Å²) in [4.78, 5) is 27.9. The van der Waals surface area contributed by atoms with E-state index in [0.29, 0.717) is 32.5 Å². The zero-order valence-electron chi connectivity index (χ0n) is 12.9. The fourth-order valence-electron chi connectivity index (χ4n) is 3.29.